The van der Waals surface area contributed by atoms with Crippen molar-refractivity contribution in [3.05, 3.63) is 193 Å². The van der Waals surface area contributed by atoms with Crippen molar-refractivity contribution in [3.63, 3.8) is 0 Å². The molecule has 3 aromatic heterocycles. The van der Waals surface area contributed by atoms with Crippen molar-refractivity contribution >= 4 is 54.5 Å². The quantitative estimate of drug-likeness (QED) is 0.181. The van der Waals surface area contributed by atoms with Gasteiger partial charge in [-0.05, 0) is 94.0 Å². The van der Waals surface area contributed by atoms with Gasteiger partial charge in [0.25, 0.3) is 0 Å². The van der Waals surface area contributed by atoms with Gasteiger partial charge in [-0.25, -0.2) is 9.97 Å². The molecule has 0 amide bonds. The molecule has 8 aromatic carbocycles. The Morgan fingerprint density at radius 3 is 1.77 bits per heavy atom. The van der Waals surface area contributed by atoms with Crippen LogP contribution < -0.4 is 0 Å². The molecular weight excluding hydrogens is 693 g/mol. The van der Waals surface area contributed by atoms with Gasteiger partial charge in [0.05, 0.1) is 33.3 Å². The van der Waals surface area contributed by atoms with Crippen LogP contribution in [-0.2, 0) is 5.41 Å². The predicted molar refractivity (Wildman–Crippen MR) is 237 cm³/mol. The summed E-state index contributed by atoms with van der Waals surface area (Å²) in [6.07, 6.45) is 0. The minimum absolute atomic E-state index is 0.135. The van der Waals surface area contributed by atoms with Gasteiger partial charge < -0.3 is 4.57 Å². The minimum atomic E-state index is -0.135. The van der Waals surface area contributed by atoms with E-state index in [0.29, 0.717) is 5.95 Å². The van der Waals surface area contributed by atoms with Crippen LogP contribution >= 0.6 is 0 Å². The van der Waals surface area contributed by atoms with Gasteiger partial charge in [-0.3, -0.25) is 4.57 Å². The molecule has 1 aliphatic rings. The summed E-state index contributed by atoms with van der Waals surface area (Å²) in [5, 5.41) is 5.91. The second-order valence-corrected chi connectivity index (χ2v) is 15.8. The SMILES string of the molecule is CC1(C)c2ccccc2-c2cc3c(cc21)c1cc(-c2ccc4c(c2)c2ccccc2n4-c2ccccc2)ccc1n3-c1nc(-c2ccccc2)c2ccccc2n1. The smallest absolute Gasteiger partial charge is 0.235 e. The summed E-state index contributed by atoms with van der Waals surface area (Å²) in [6, 6.07) is 65.8. The third kappa shape index (κ3) is 4.62. The second kappa shape index (κ2) is 11.8. The summed E-state index contributed by atoms with van der Waals surface area (Å²) < 4.78 is 4.66. The normalized spacial score (nSPS) is 13.2. The van der Waals surface area contributed by atoms with Crippen LogP contribution in [0.4, 0.5) is 0 Å². The average molecular weight is 729 g/mol. The predicted octanol–water partition coefficient (Wildman–Crippen LogP) is 13.5. The Bertz CT molecular complexity index is 3420. The van der Waals surface area contributed by atoms with E-state index in [4.69, 9.17) is 9.97 Å². The molecule has 0 saturated heterocycles. The molecule has 4 nitrogen and oxygen atoms in total. The molecule has 12 rings (SSSR count). The molecule has 0 radical (unpaired) electrons. The largest absolute Gasteiger partial charge is 0.309 e. The number of aromatic nitrogens is 4. The molecule has 1 aliphatic carbocycles. The van der Waals surface area contributed by atoms with E-state index in [-0.39, 0.29) is 5.41 Å². The zero-order valence-corrected chi connectivity index (χ0v) is 31.6. The monoisotopic (exact) mass is 728 g/mol. The Balaban J connectivity index is 1.13. The molecule has 0 N–H and O–H groups in total. The van der Waals surface area contributed by atoms with Crippen LogP contribution in [0.2, 0.25) is 0 Å². The van der Waals surface area contributed by atoms with Crippen LogP contribution in [0.5, 0.6) is 0 Å². The Morgan fingerprint density at radius 2 is 0.982 bits per heavy atom. The number of fused-ring (bicyclic) bond motifs is 10. The van der Waals surface area contributed by atoms with E-state index in [1.54, 1.807) is 0 Å². The van der Waals surface area contributed by atoms with E-state index in [9.17, 15) is 0 Å². The highest BCUT2D eigenvalue weighted by Crippen LogP contribution is 2.51. The zero-order chi connectivity index (χ0) is 37.8. The van der Waals surface area contributed by atoms with Gasteiger partial charge >= 0.3 is 0 Å². The number of hydrogen-bond donors (Lipinski definition) is 0. The van der Waals surface area contributed by atoms with Gasteiger partial charge in [0, 0.05) is 43.6 Å². The van der Waals surface area contributed by atoms with Crippen LogP contribution in [0.1, 0.15) is 25.0 Å². The third-order valence-corrected chi connectivity index (χ3v) is 12.3. The van der Waals surface area contributed by atoms with E-state index in [1.165, 1.54) is 66.0 Å². The number of benzene rings is 8. The molecule has 0 saturated carbocycles. The first-order chi connectivity index (χ1) is 28.0. The van der Waals surface area contributed by atoms with Crippen molar-refractivity contribution in [2.75, 3.05) is 0 Å². The molecule has 0 atom stereocenters. The van der Waals surface area contributed by atoms with E-state index >= 15 is 0 Å². The number of nitrogens with zero attached hydrogens (tertiary/aromatic N) is 4. The highest BCUT2D eigenvalue weighted by molar-refractivity contribution is 6.14. The molecule has 268 valence electrons. The van der Waals surface area contributed by atoms with E-state index < -0.39 is 0 Å². The summed E-state index contributed by atoms with van der Waals surface area (Å²) in [4.78, 5) is 10.7. The number of para-hydroxylation sites is 3. The summed E-state index contributed by atoms with van der Waals surface area (Å²) in [5.41, 5.74) is 16.2. The molecule has 0 fully saturated rings. The Morgan fingerprint density at radius 1 is 0.386 bits per heavy atom. The van der Waals surface area contributed by atoms with Crippen LogP contribution in [0.3, 0.4) is 0 Å². The van der Waals surface area contributed by atoms with Crippen LogP contribution in [0.25, 0.3) is 99.7 Å². The zero-order valence-electron chi connectivity index (χ0n) is 31.6. The average Bonchev–Trinajstić information content (AvgIpc) is 3.85. The van der Waals surface area contributed by atoms with E-state index in [1.807, 2.05) is 0 Å². The van der Waals surface area contributed by atoms with Crippen LogP contribution in [0, 0.1) is 0 Å². The highest BCUT2D eigenvalue weighted by atomic mass is 15.2. The lowest BCUT2D eigenvalue weighted by Gasteiger charge is -2.21. The molecule has 3 heterocycles. The van der Waals surface area contributed by atoms with Crippen molar-refractivity contribution in [2.45, 2.75) is 19.3 Å². The van der Waals surface area contributed by atoms with Gasteiger partial charge in [-0.15, -0.1) is 0 Å². The first-order valence-electron chi connectivity index (χ1n) is 19.7. The van der Waals surface area contributed by atoms with Crippen molar-refractivity contribution in [2.24, 2.45) is 0 Å². The number of hydrogen-bond acceptors (Lipinski definition) is 2. The lowest BCUT2D eigenvalue weighted by atomic mass is 9.82. The molecule has 11 aromatic rings. The van der Waals surface area contributed by atoms with Crippen LogP contribution in [-0.4, -0.2) is 19.1 Å². The van der Waals surface area contributed by atoms with Crippen molar-refractivity contribution < 1.29 is 0 Å². The molecule has 0 aliphatic heterocycles. The highest BCUT2D eigenvalue weighted by Gasteiger charge is 2.36. The maximum Gasteiger partial charge on any atom is 0.235 e. The van der Waals surface area contributed by atoms with Crippen LogP contribution in [0.15, 0.2) is 182 Å². The van der Waals surface area contributed by atoms with Crippen molar-refractivity contribution in [1.82, 2.24) is 19.1 Å². The summed E-state index contributed by atoms with van der Waals surface area (Å²) >= 11 is 0. The Kier molecular flexibility index (Phi) is 6.65. The third-order valence-electron chi connectivity index (χ3n) is 12.3. The molecule has 0 spiro atoms. The first-order valence-corrected chi connectivity index (χ1v) is 19.7. The molecule has 0 bridgehead atoms. The summed E-state index contributed by atoms with van der Waals surface area (Å²) in [7, 11) is 0. The number of rotatable bonds is 4. The minimum Gasteiger partial charge on any atom is -0.309 e. The molecule has 4 heteroatoms. The Hall–Kier alpha value is -7.30. The van der Waals surface area contributed by atoms with E-state index in [2.05, 4.69) is 205 Å². The van der Waals surface area contributed by atoms with Gasteiger partial charge in [0.15, 0.2) is 0 Å². The maximum absolute atomic E-state index is 5.40. The lowest BCUT2D eigenvalue weighted by Crippen LogP contribution is -2.14. The Labute approximate surface area is 329 Å². The van der Waals surface area contributed by atoms with E-state index in [0.717, 1.165) is 38.9 Å². The fourth-order valence-electron chi connectivity index (χ4n) is 9.60. The molecule has 0 unspecified atom stereocenters. The van der Waals surface area contributed by atoms with Gasteiger partial charge in [-0.2, -0.15) is 0 Å². The molecular formula is C53H36N4. The standard InChI is InChI=1S/C53H36N4/c1-53(2)44-22-12-9-19-37(44)40-32-50-43(31-45(40)53)42-30-35(34-25-27-48-41(29-34)38-20-11-14-24-47(38)56(48)36-17-7-4-8-18-36)26-28-49(42)57(50)52-54-46-23-13-10-21-39(46)51(55-52)33-15-5-3-6-16-33/h3-32H,1-2H3. The maximum atomic E-state index is 5.40. The lowest BCUT2D eigenvalue weighted by molar-refractivity contribution is 0.661. The topological polar surface area (TPSA) is 35.6 Å². The van der Waals surface area contributed by atoms with Gasteiger partial charge in [0.2, 0.25) is 5.95 Å². The van der Waals surface area contributed by atoms with Gasteiger partial charge in [-0.1, -0.05) is 135 Å². The molecule has 57 heavy (non-hydrogen) atoms. The summed E-state index contributed by atoms with van der Waals surface area (Å²) in [5.74, 6) is 0.668. The van der Waals surface area contributed by atoms with Crippen molar-refractivity contribution in [1.29, 1.82) is 0 Å². The fraction of sp³-hybridized carbons (Fsp3) is 0.0566. The summed E-state index contributed by atoms with van der Waals surface area (Å²) in [6.45, 7) is 4.71. The first kappa shape index (κ1) is 32.0. The van der Waals surface area contributed by atoms with Crippen molar-refractivity contribution in [3.8, 4) is 45.1 Å². The van der Waals surface area contributed by atoms with Gasteiger partial charge in [0.1, 0.15) is 0 Å². The second-order valence-electron chi connectivity index (χ2n) is 15.8. The fourth-order valence-corrected chi connectivity index (χ4v) is 9.60.